The number of β-amino-alcohol motifs (C(OH)–C–C–N with tert-alkyl or cyclic N) is 1. The van der Waals surface area contributed by atoms with Gasteiger partial charge in [0.25, 0.3) is 5.91 Å². The van der Waals surface area contributed by atoms with E-state index in [0.29, 0.717) is 30.2 Å². The Bertz CT molecular complexity index is 437. The monoisotopic (exact) mass is 254 g/mol. The smallest absolute Gasteiger partial charge is 0.254 e. The van der Waals surface area contributed by atoms with Crippen molar-refractivity contribution in [2.24, 2.45) is 0 Å². The summed E-state index contributed by atoms with van der Waals surface area (Å²) in [5, 5.41) is 9.76. The largest absolute Gasteiger partial charge is 0.391 e. The lowest BCUT2D eigenvalue weighted by Crippen LogP contribution is -2.29. The molecule has 17 heavy (non-hydrogen) atoms. The van der Waals surface area contributed by atoms with Crippen molar-refractivity contribution in [2.75, 3.05) is 13.1 Å². The SMILES string of the molecule is CCc1cc(C(=O)N2CCC(O)C2)cc(Cl)n1. The molecule has 1 saturated heterocycles. The van der Waals surface area contributed by atoms with E-state index in [1.807, 2.05) is 6.92 Å². The van der Waals surface area contributed by atoms with Crippen LogP contribution < -0.4 is 0 Å². The minimum absolute atomic E-state index is 0.0828. The molecule has 1 N–H and O–H groups in total. The number of rotatable bonds is 2. The molecule has 1 aromatic rings. The quantitative estimate of drug-likeness (QED) is 0.814. The fourth-order valence-electron chi connectivity index (χ4n) is 1.96. The number of likely N-dealkylation sites (tertiary alicyclic amines) is 1. The maximum Gasteiger partial charge on any atom is 0.254 e. The standard InChI is InChI=1S/C12H15ClN2O2/c1-2-9-5-8(6-11(13)14-9)12(17)15-4-3-10(16)7-15/h5-6,10,16H,2-4,7H2,1H3. The van der Waals surface area contributed by atoms with Crippen LogP contribution in [0.15, 0.2) is 12.1 Å². The van der Waals surface area contributed by atoms with Gasteiger partial charge in [-0.15, -0.1) is 0 Å². The highest BCUT2D eigenvalue weighted by atomic mass is 35.5. The number of carbonyl (C=O) groups is 1. The topological polar surface area (TPSA) is 53.4 Å². The van der Waals surface area contributed by atoms with Crippen molar-refractivity contribution >= 4 is 17.5 Å². The number of hydrogen-bond donors (Lipinski definition) is 1. The van der Waals surface area contributed by atoms with Gasteiger partial charge in [-0.3, -0.25) is 4.79 Å². The number of hydrogen-bond acceptors (Lipinski definition) is 3. The zero-order chi connectivity index (χ0) is 12.4. The molecule has 2 rings (SSSR count). The number of nitrogens with zero attached hydrogens (tertiary/aromatic N) is 2. The number of pyridine rings is 1. The Morgan fingerprint density at radius 2 is 2.41 bits per heavy atom. The average molecular weight is 255 g/mol. The molecule has 0 bridgehead atoms. The second-order valence-electron chi connectivity index (χ2n) is 4.22. The van der Waals surface area contributed by atoms with Crippen molar-refractivity contribution in [3.63, 3.8) is 0 Å². The van der Waals surface area contributed by atoms with E-state index in [2.05, 4.69) is 4.98 Å². The molecule has 2 heterocycles. The summed E-state index contributed by atoms with van der Waals surface area (Å²) in [5.74, 6) is -0.0828. The number of aliphatic hydroxyl groups is 1. The van der Waals surface area contributed by atoms with Crippen LogP contribution >= 0.6 is 11.6 Å². The van der Waals surface area contributed by atoms with Crippen LogP contribution in [0.1, 0.15) is 29.4 Å². The first-order chi connectivity index (χ1) is 8.10. The lowest BCUT2D eigenvalue weighted by atomic mass is 10.2. The van der Waals surface area contributed by atoms with Gasteiger partial charge in [0.2, 0.25) is 0 Å². The number of carbonyl (C=O) groups excluding carboxylic acids is 1. The summed E-state index contributed by atoms with van der Waals surface area (Å²) < 4.78 is 0. The van der Waals surface area contributed by atoms with Crippen LogP contribution in [0.5, 0.6) is 0 Å². The Balaban J connectivity index is 2.21. The molecule has 1 unspecified atom stereocenters. The zero-order valence-electron chi connectivity index (χ0n) is 9.69. The van der Waals surface area contributed by atoms with Crippen LogP contribution in [-0.4, -0.2) is 40.1 Å². The normalized spacial score (nSPS) is 19.7. The van der Waals surface area contributed by atoms with E-state index < -0.39 is 6.10 Å². The van der Waals surface area contributed by atoms with Gasteiger partial charge in [0, 0.05) is 24.3 Å². The van der Waals surface area contributed by atoms with Gasteiger partial charge in [-0.2, -0.15) is 0 Å². The molecule has 5 heteroatoms. The van der Waals surface area contributed by atoms with E-state index in [0.717, 1.165) is 12.1 Å². The molecule has 0 radical (unpaired) electrons. The zero-order valence-corrected chi connectivity index (χ0v) is 10.4. The van der Waals surface area contributed by atoms with Crippen LogP contribution in [0.25, 0.3) is 0 Å². The summed E-state index contributed by atoms with van der Waals surface area (Å²) in [6.07, 6.45) is 0.983. The third-order valence-corrected chi connectivity index (χ3v) is 3.10. The van der Waals surface area contributed by atoms with Crippen molar-refractivity contribution in [2.45, 2.75) is 25.9 Å². The molecule has 1 fully saturated rings. The first-order valence-electron chi connectivity index (χ1n) is 5.74. The summed E-state index contributed by atoms with van der Waals surface area (Å²) in [6, 6.07) is 3.34. The van der Waals surface area contributed by atoms with Gasteiger partial charge in [-0.25, -0.2) is 4.98 Å². The van der Waals surface area contributed by atoms with E-state index in [1.165, 1.54) is 0 Å². The Morgan fingerprint density at radius 3 is 3.00 bits per heavy atom. The average Bonchev–Trinajstić information content (AvgIpc) is 2.74. The fourth-order valence-corrected chi connectivity index (χ4v) is 2.19. The number of amides is 1. The van der Waals surface area contributed by atoms with Gasteiger partial charge >= 0.3 is 0 Å². The van der Waals surface area contributed by atoms with E-state index in [-0.39, 0.29) is 5.91 Å². The third kappa shape index (κ3) is 2.76. The van der Waals surface area contributed by atoms with E-state index >= 15 is 0 Å². The Kier molecular flexibility index (Phi) is 3.64. The number of halogens is 1. The molecule has 1 atom stereocenters. The molecule has 1 amide bonds. The summed E-state index contributed by atoms with van der Waals surface area (Å²) in [4.78, 5) is 17.9. The second-order valence-corrected chi connectivity index (χ2v) is 4.60. The van der Waals surface area contributed by atoms with Crippen LogP contribution in [0, 0.1) is 0 Å². The van der Waals surface area contributed by atoms with Crippen LogP contribution in [0.4, 0.5) is 0 Å². The predicted molar refractivity (Wildman–Crippen MR) is 65.2 cm³/mol. The lowest BCUT2D eigenvalue weighted by Gasteiger charge is -2.15. The minimum atomic E-state index is -0.401. The van der Waals surface area contributed by atoms with Gasteiger partial charge in [0.15, 0.2) is 0 Å². The first-order valence-corrected chi connectivity index (χ1v) is 6.11. The molecule has 1 aromatic heterocycles. The van der Waals surface area contributed by atoms with Crippen LogP contribution in [0.2, 0.25) is 5.15 Å². The van der Waals surface area contributed by atoms with E-state index in [4.69, 9.17) is 11.6 Å². The van der Waals surface area contributed by atoms with Gasteiger partial charge in [0.05, 0.1) is 6.10 Å². The van der Waals surface area contributed by atoms with Gasteiger partial charge in [-0.05, 0) is 25.0 Å². The van der Waals surface area contributed by atoms with Gasteiger partial charge < -0.3 is 10.0 Å². The Labute approximate surface area is 105 Å². The maximum absolute atomic E-state index is 12.1. The molecule has 4 nitrogen and oxygen atoms in total. The van der Waals surface area contributed by atoms with Crippen molar-refractivity contribution in [3.8, 4) is 0 Å². The molecule has 92 valence electrons. The molecule has 0 saturated carbocycles. The summed E-state index contributed by atoms with van der Waals surface area (Å²) >= 11 is 5.88. The highest BCUT2D eigenvalue weighted by Crippen LogP contribution is 2.17. The highest BCUT2D eigenvalue weighted by Gasteiger charge is 2.25. The van der Waals surface area contributed by atoms with E-state index in [9.17, 15) is 9.90 Å². The summed E-state index contributed by atoms with van der Waals surface area (Å²) in [5.41, 5.74) is 1.36. The minimum Gasteiger partial charge on any atom is -0.391 e. The van der Waals surface area contributed by atoms with Crippen molar-refractivity contribution < 1.29 is 9.90 Å². The van der Waals surface area contributed by atoms with Crippen molar-refractivity contribution in [1.82, 2.24) is 9.88 Å². The molecule has 0 spiro atoms. The Hall–Kier alpha value is -1.13. The molecule has 1 aliphatic rings. The van der Waals surface area contributed by atoms with Crippen LogP contribution in [0.3, 0.4) is 0 Å². The highest BCUT2D eigenvalue weighted by molar-refractivity contribution is 6.29. The van der Waals surface area contributed by atoms with Crippen molar-refractivity contribution in [3.05, 3.63) is 28.5 Å². The van der Waals surface area contributed by atoms with Gasteiger partial charge in [0.1, 0.15) is 5.15 Å². The fraction of sp³-hybridized carbons (Fsp3) is 0.500. The maximum atomic E-state index is 12.1. The third-order valence-electron chi connectivity index (χ3n) is 2.91. The van der Waals surface area contributed by atoms with E-state index in [1.54, 1.807) is 17.0 Å². The number of aromatic nitrogens is 1. The predicted octanol–water partition coefficient (Wildman–Crippen LogP) is 1.50. The van der Waals surface area contributed by atoms with Gasteiger partial charge in [-0.1, -0.05) is 18.5 Å². The number of aliphatic hydroxyl groups excluding tert-OH is 1. The lowest BCUT2D eigenvalue weighted by molar-refractivity contribution is 0.0764. The summed E-state index contributed by atoms with van der Waals surface area (Å²) in [6.45, 7) is 2.97. The molecular formula is C12H15ClN2O2. The first kappa shape index (κ1) is 12.3. The van der Waals surface area contributed by atoms with Crippen LogP contribution in [-0.2, 0) is 6.42 Å². The molecular weight excluding hydrogens is 240 g/mol. The summed E-state index contributed by atoms with van der Waals surface area (Å²) in [7, 11) is 0. The Morgan fingerprint density at radius 1 is 1.65 bits per heavy atom. The molecule has 1 aliphatic heterocycles. The second kappa shape index (κ2) is 5.02. The van der Waals surface area contributed by atoms with Crippen molar-refractivity contribution in [1.29, 1.82) is 0 Å². The molecule has 0 aromatic carbocycles. The molecule has 0 aliphatic carbocycles. The number of aryl methyl sites for hydroxylation is 1.